The van der Waals surface area contributed by atoms with E-state index < -0.39 is 5.97 Å². The Labute approximate surface area is 130 Å². The van der Waals surface area contributed by atoms with Crippen molar-refractivity contribution in [3.05, 3.63) is 65.7 Å². The number of hydrogen-bond acceptors (Lipinski definition) is 2. The Morgan fingerprint density at radius 2 is 1.82 bits per heavy atom. The maximum Gasteiger partial charge on any atom is 0.303 e. The molecule has 1 N–H and O–H groups in total. The van der Waals surface area contributed by atoms with Crippen LogP contribution < -0.4 is 4.74 Å². The molecular formula is C19H20O3. The third-order valence-electron chi connectivity index (χ3n) is 4.22. The lowest BCUT2D eigenvalue weighted by Gasteiger charge is -2.31. The van der Waals surface area contributed by atoms with Gasteiger partial charge in [0.1, 0.15) is 5.75 Å². The molecule has 3 heteroatoms. The lowest BCUT2D eigenvalue weighted by molar-refractivity contribution is -0.137. The SMILES string of the molecule is O=C(O)CC1C[C@@H](CCc2ccccc2)Oc2ccccc21. The molecule has 0 bridgehead atoms. The molecule has 1 aliphatic heterocycles. The van der Waals surface area contributed by atoms with Gasteiger partial charge in [-0.1, -0.05) is 48.5 Å². The molecule has 1 unspecified atom stereocenters. The van der Waals surface area contributed by atoms with Crippen molar-refractivity contribution in [2.45, 2.75) is 37.7 Å². The zero-order valence-corrected chi connectivity index (χ0v) is 12.4. The smallest absolute Gasteiger partial charge is 0.303 e. The van der Waals surface area contributed by atoms with Gasteiger partial charge in [-0.2, -0.15) is 0 Å². The Balaban J connectivity index is 1.71. The predicted molar refractivity (Wildman–Crippen MR) is 85.2 cm³/mol. The van der Waals surface area contributed by atoms with Crippen LogP contribution in [0.2, 0.25) is 0 Å². The number of ether oxygens (including phenoxy) is 1. The maximum absolute atomic E-state index is 11.1. The summed E-state index contributed by atoms with van der Waals surface area (Å²) < 4.78 is 6.07. The van der Waals surface area contributed by atoms with E-state index in [0.29, 0.717) is 0 Å². The van der Waals surface area contributed by atoms with Gasteiger partial charge in [-0.3, -0.25) is 4.79 Å². The molecule has 0 radical (unpaired) electrons. The minimum Gasteiger partial charge on any atom is -0.490 e. The van der Waals surface area contributed by atoms with Gasteiger partial charge in [0.2, 0.25) is 0 Å². The van der Waals surface area contributed by atoms with Gasteiger partial charge >= 0.3 is 5.97 Å². The molecule has 0 saturated heterocycles. The molecule has 2 aromatic carbocycles. The number of aryl methyl sites for hydroxylation is 1. The topological polar surface area (TPSA) is 46.5 Å². The van der Waals surface area contributed by atoms with Crippen molar-refractivity contribution in [3.63, 3.8) is 0 Å². The number of para-hydroxylation sites is 1. The molecule has 0 saturated carbocycles. The van der Waals surface area contributed by atoms with Crippen molar-refractivity contribution < 1.29 is 14.6 Å². The van der Waals surface area contributed by atoms with Crippen molar-refractivity contribution in [2.75, 3.05) is 0 Å². The summed E-state index contributed by atoms with van der Waals surface area (Å²) in [6.07, 6.45) is 2.89. The number of benzene rings is 2. The molecule has 0 aromatic heterocycles. The highest BCUT2D eigenvalue weighted by molar-refractivity contribution is 5.68. The van der Waals surface area contributed by atoms with Crippen LogP contribution in [0, 0.1) is 0 Å². The van der Waals surface area contributed by atoms with E-state index in [1.165, 1.54) is 5.56 Å². The number of carboxylic acid groups (broad SMARTS) is 1. The van der Waals surface area contributed by atoms with Crippen LogP contribution in [0.1, 0.15) is 36.3 Å². The third kappa shape index (κ3) is 3.48. The first-order chi connectivity index (χ1) is 10.7. The molecule has 1 heterocycles. The predicted octanol–water partition coefficient (Wildman–Crippen LogP) is 4.03. The van der Waals surface area contributed by atoms with Crippen LogP contribution in [0.3, 0.4) is 0 Å². The minimum atomic E-state index is -0.747. The fourth-order valence-electron chi connectivity index (χ4n) is 3.15. The molecule has 22 heavy (non-hydrogen) atoms. The quantitative estimate of drug-likeness (QED) is 0.906. The summed E-state index contributed by atoms with van der Waals surface area (Å²) in [5, 5.41) is 9.14. The van der Waals surface area contributed by atoms with Crippen LogP contribution in [0.25, 0.3) is 0 Å². The van der Waals surface area contributed by atoms with Gasteiger partial charge < -0.3 is 9.84 Å². The Kier molecular flexibility index (Phi) is 4.42. The van der Waals surface area contributed by atoms with E-state index in [4.69, 9.17) is 9.84 Å². The van der Waals surface area contributed by atoms with Gasteiger partial charge in [0.05, 0.1) is 12.5 Å². The Bertz CT molecular complexity index is 636. The van der Waals surface area contributed by atoms with Crippen LogP contribution in [-0.4, -0.2) is 17.2 Å². The van der Waals surface area contributed by atoms with Crippen molar-refractivity contribution in [1.29, 1.82) is 0 Å². The van der Waals surface area contributed by atoms with Crippen LogP contribution in [0.5, 0.6) is 5.75 Å². The van der Waals surface area contributed by atoms with E-state index in [0.717, 1.165) is 30.6 Å². The number of hydrogen-bond donors (Lipinski definition) is 1. The van der Waals surface area contributed by atoms with Crippen molar-refractivity contribution in [2.24, 2.45) is 0 Å². The molecule has 2 aromatic rings. The molecule has 1 aliphatic rings. The summed E-state index contributed by atoms with van der Waals surface area (Å²) in [5.74, 6) is 0.143. The molecule has 0 fully saturated rings. The van der Waals surface area contributed by atoms with E-state index in [2.05, 4.69) is 12.1 Å². The average Bonchev–Trinajstić information content (AvgIpc) is 2.53. The molecular weight excluding hydrogens is 276 g/mol. The highest BCUT2D eigenvalue weighted by Gasteiger charge is 2.29. The normalized spacial score (nSPS) is 20.0. The fourth-order valence-corrected chi connectivity index (χ4v) is 3.15. The highest BCUT2D eigenvalue weighted by Crippen LogP contribution is 2.39. The van der Waals surface area contributed by atoms with E-state index in [9.17, 15) is 4.79 Å². The third-order valence-corrected chi connectivity index (χ3v) is 4.22. The van der Waals surface area contributed by atoms with Gasteiger partial charge in [-0.25, -0.2) is 0 Å². The lowest BCUT2D eigenvalue weighted by Crippen LogP contribution is -2.27. The summed E-state index contributed by atoms with van der Waals surface area (Å²) >= 11 is 0. The maximum atomic E-state index is 11.1. The summed E-state index contributed by atoms with van der Waals surface area (Å²) in [7, 11) is 0. The van der Waals surface area contributed by atoms with Gasteiger partial charge in [-0.05, 0) is 36.5 Å². The van der Waals surface area contributed by atoms with Gasteiger partial charge in [0.15, 0.2) is 0 Å². The zero-order chi connectivity index (χ0) is 15.4. The molecule has 0 spiro atoms. The van der Waals surface area contributed by atoms with Gasteiger partial charge in [0.25, 0.3) is 0 Å². The van der Waals surface area contributed by atoms with Crippen molar-refractivity contribution >= 4 is 5.97 Å². The molecule has 2 atom stereocenters. The van der Waals surface area contributed by atoms with Crippen molar-refractivity contribution in [3.8, 4) is 5.75 Å². The van der Waals surface area contributed by atoms with E-state index in [1.807, 2.05) is 42.5 Å². The molecule has 3 nitrogen and oxygen atoms in total. The number of aliphatic carboxylic acids is 1. The first-order valence-electron chi connectivity index (χ1n) is 7.73. The lowest BCUT2D eigenvalue weighted by atomic mass is 9.86. The second kappa shape index (κ2) is 6.65. The number of fused-ring (bicyclic) bond motifs is 1. The molecule has 3 rings (SSSR count). The first-order valence-corrected chi connectivity index (χ1v) is 7.73. The highest BCUT2D eigenvalue weighted by atomic mass is 16.5. The van der Waals surface area contributed by atoms with Gasteiger partial charge in [-0.15, -0.1) is 0 Å². The largest absolute Gasteiger partial charge is 0.490 e. The fraction of sp³-hybridized carbons (Fsp3) is 0.316. The van der Waals surface area contributed by atoms with Crippen LogP contribution in [0.4, 0.5) is 0 Å². The van der Waals surface area contributed by atoms with Gasteiger partial charge in [0, 0.05) is 5.92 Å². The molecule has 0 amide bonds. The van der Waals surface area contributed by atoms with Crippen LogP contribution in [0.15, 0.2) is 54.6 Å². The summed E-state index contributed by atoms with van der Waals surface area (Å²) in [6.45, 7) is 0. The Morgan fingerprint density at radius 3 is 2.59 bits per heavy atom. The average molecular weight is 296 g/mol. The Hall–Kier alpha value is -2.29. The summed E-state index contributed by atoms with van der Waals surface area (Å²) in [6, 6.07) is 18.1. The standard InChI is InChI=1S/C19H20O3/c20-19(21)13-15-12-16(11-10-14-6-2-1-3-7-14)22-18-9-5-4-8-17(15)18/h1-9,15-16H,10-13H2,(H,20,21)/t15?,16-/m1/s1. The zero-order valence-electron chi connectivity index (χ0n) is 12.4. The Morgan fingerprint density at radius 1 is 1.09 bits per heavy atom. The summed E-state index contributed by atoms with van der Waals surface area (Å²) in [5.41, 5.74) is 2.32. The molecule has 0 aliphatic carbocycles. The number of carboxylic acids is 1. The molecule has 114 valence electrons. The number of carbonyl (C=O) groups is 1. The van der Waals surface area contributed by atoms with E-state index in [1.54, 1.807) is 0 Å². The monoisotopic (exact) mass is 296 g/mol. The minimum absolute atomic E-state index is 0.0447. The first kappa shape index (κ1) is 14.6. The van der Waals surface area contributed by atoms with E-state index >= 15 is 0 Å². The number of rotatable bonds is 5. The van der Waals surface area contributed by atoms with Crippen LogP contribution in [-0.2, 0) is 11.2 Å². The summed E-state index contributed by atoms with van der Waals surface area (Å²) in [4.78, 5) is 11.1. The van der Waals surface area contributed by atoms with Crippen LogP contribution >= 0.6 is 0 Å². The second-order valence-electron chi connectivity index (χ2n) is 5.83. The second-order valence-corrected chi connectivity index (χ2v) is 5.83. The van der Waals surface area contributed by atoms with E-state index in [-0.39, 0.29) is 18.4 Å². The van der Waals surface area contributed by atoms with Crippen molar-refractivity contribution in [1.82, 2.24) is 0 Å².